The topological polar surface area (TPSA) is 39.8 Å². The molecule has 1 aromatic heterocycles. The van der Waals surface area contributed by atoms with E-state index in [1.54, 1.807) is 19.1 Å². The Bertz CT molecular complexity index is 231. The first-order valence-corrected chi connectivity index (χ1v) is 2.91. The molecule has 0 amide bonds. The van der Waals surface area contributed by atoms with Crippen molar-refractivity contribution < 1.29 is 4.85 Å². The molecule has 50 valence electrons. The number of thiol groups is 1. The van der Waals surface area contributed by atoms with Crippen LogP contribution in [0.15, 0.2) is 17.2 Å². The van der Waals surface area contributed by atoms with Gasteiger partial charge in [0.05, 0.1) is 0 Å². The fourth-order valence-electron chi connectivity index (χ4n) is 0.464. The first-order chi connectivity index (χ1) is 4.20. The molecule has 1 aromatic rings. The van der Waals surface area contributed by atoms with Crippen molar-refractivity contribution in [2.24, 2.45) is 0 Å². The first kappa shape index (κ1) is 10.2. The molecule has 0 radical (unpaired) electrons. The van der Waals surface area contributed by atoms with Crippen LogP contribution in [0.4, 0.5) is 0 Å². The van der Waals surface area contributed by atoms with Crippen molar-refractivity contribution in [2.75, 3.05) is 0 Å². The molecule has 10 heavy (non-hydrogen) atoms. The molecular formula is C5H7N2NaOS. The summed E-state index contributed by atoms with van der Waals surface area (Å²) in [5.41, 5.74) is 0.577. The summed E-state index contributed by atoms with van der Waals surface area (Å²) < 4.78 is 0. The SMILES string of the molecule is Cc1ccc(S)n[n+]1[O-].[NaH]. The monoisotopic (exact) mass is 166 g/mol. The van der Waals surface area contributed by atoms with Crippen molar-refractivity contribution in [3.63, 3.8) is 0 Å². The van der Waals surface area contributed by atoms with Gasteiger partial charge in [0.25, 0.3) is 0 Å². The van der Waals surface area contributed by atoms with E-state index in [4.69, 9.17) is 0 Å². The molecule has 0 aliphatic carbocycles. The second-order valence-electron chi connectivity index (χ2n) is 1.71. The first-order valence-electron chi connectivity index (χ1n) is 2.46. The van der Waals surface area contributed by atoms with E-state index in [1.807, 2.05) is 0 Å². The van der Waals surface area contributed by atoms with Crippen LogP contribution in [0.3, 0.4) is 0 Å². The number of hydrogen-bond acceptors (Lipinski definition) is 3. The summed E-state index contributed by atoms with van der Waals surface area (Å²) in [5, 5.41) is 14.5. The van der Waals surface area contributed by atoms with Crippen molar-refractivity contribution in [3.05, 3.63) is 23.0 Å². The van der Waals surface area contributed by atoms with Gasteiger partial charge in [-0.05, 0) is 6.07 Å². The molecule has 1 heterocycles. The summed E-state index contributed by atoms with van der Waals surface area (Å²) in [7, 11) is 0. The summed E-state index contributed by atoms with van der Waals surface area (Å²) in [5.74, 6) is 0. The van der Waals surface area contributed by atoms with Crippen LogP contribution in [0.1, 0.15) is 5.69 Å². The molecule has 0 saturated heterocycles. The van der Waals surface area contributed by atoms with E-state index in [0.717, 1.165) is 0 Å². The van der Waals surface area contributed by atoms with Crippen molar-refractivity contribution in [3.8, 4) is 0 Å². The number of nitrogens with zero attached hydrogens (tertiary/aromatic N) is 2. The van der Waals surface area contributed by atoms with Gasteiger partial charge < -0.3 is 5.21 Å². The predicted molar refractivity (Wildman–Crippen MR) is 42.3 cm³/mol. The molecular weight excluding hydrogens is 159 g/mol. The summed E-state index contributed by atoms with van der Waals surface area (Å²) >= 11 is 3.87. The van der Waals surface area contributed by atoms with Crippen LogP contribution in [-0.4, -0.2) is 34.7 Å². The Morgan fingerprint density at radius 1 is 1.60 bits per heavy atom. The zero-order valence-corrected chi connectivity index (χ0v) is 5.80. The van der Waals surface area contributed by atoms with E-state index >= 15 is 0 Å². The second-order valence-corrected chi connectivity index (χ2v) is 2.16. The molecule has 0 atom stereocenters. The second kappa shape index (κ2) is 4.18. The minimum atomic E-state index is 0. The van der Waals surface area contributed by atoms with Crippen LogP contribution in [0, 0.1) is 12.1 Å². The van der Waals surface area contributed by atoms with Crippen LogP contribution >= 0.6 is 12.6 Å². The number of aryl methyl sites for hydroxylation is 1. The maximum absolute atomic E-state index is 10.6. The normalized spacial score (nSPS) is 8.60. The van der Waals surface area contributed by atoms with Crippen LogP contribution in [0.5, 0.6) is 0 Å². The van der Waals surface area contributed by atoms with Gasteiger partial charge >= 0.3 is 29.6 Å². The van der Waals surface area contributed by atoms with Crippen LogP contribution < -0.4 is 4.85 Å². The number of aromatic nitrogens is 2. The molecule has 5 heteroatoms. The third-order valence-electron chi connectivity index (χ3n) is 0.969. The summed E-state index contributed by atoms with van der Waals surface area (Å²) in [6.07, 6.45) is 0. The summed E-state index contributed by atoms with van der Waals surface area (Å²) in [6.45, 7) is 1.69. The zero-order valence-electron chi connectivity index (χ0n) is 4.90. The Balaban J connectivity index is 0.000000810. The van der Waals surface area contributed by atoms with Crippen LogP contribution in [-0.2, 0) is 0 Å². The van der Waals surface area contributed by atoms with E-state index in [2.05, 4.69) is 17.7 Å². The number of rotatable bonds is 0. The molecule has 0 N–H and O–H groups in total. The number of hydrogen-bond donors (Lipinski definition) is 1. The van der Waals surface area contributed by atoms with Crippen LogP contribution in [0.25, 0.3) is 0 Å². The van der Waals surface area contributed by atoms with Gasteiger partial charge in [0.2, 0.25) is 5.69 Å². The van der Waals surface area contributed by atoms with Crippen molar-refractivity contribution in [2.45, 2.75) is 11.9 Å². The van der Waals surface area contributed by atoms with Gasteiger partial charge in [-0.15, -0.1) is 12.6 Å². The standard InChI is InChI=1S/C5H6N2OS.Na.H/c1-4-2-3-5(9)6-7(4)8;;/h2-3H,1H3,(H,6,9);;. The summed E-state index contributed by atoms with van der Waals surface area (Å²) in [4.78, 5) is 0.544. The molecule has 0 aromatic carbocycles. The predicted octanol–water partition coefficient (Wildman–Crippen LogP) is -0.336. The average Bonchev–Trinajstić information content (AvgIpc) is 1.80. The quantitative estimate of drug-likeness (QED) is 0.248. The fourth-order valence-corrected chi connectivity index (χ4v) is 0.620. The minimum absolute atomic E-state index is 0. The Kier molecular flexibility index (Phi) is 4.28. The molecule has 0 spiro atoms. The molecule has 0 bridgehead atoms. The fraction of sp³-hybridized carbons (Fsp3) is 0.200. The Hall–Kier alpha value is 0.230. The Morgan fingerprint density at radius 3 is 2.60 bits per heavy atom. The van der Waals surface area contributed by atoms with Gasteiger partial charge in [0.15, 0.2) is 5.03 Å². The van der Waals surface area contributed by atoms with Gasteiger partial charge in [0.1, 0.15) is 0 Å². The zero-order chi connectivity index (χ0) is 6.85. The molecule has 0 aliphatic heterocycles. The van der Waals surface area contributed by atoms with E-state index in [0.29, 0.717) is 15.6 Å². The molecule has 0 fully saturated rings. The van der Waals surface area contributed by atoms with Gasteiger partial charge in [0, 0.05) is 18.1 Å². The van der Waals surface area contributed by atoms with E-state index < -0.39 is 0 Å². The van der Waals surface area contributed by atoms with Gasteiger partial charge in [-0.2, -0.15) is 0 Å². The van der Waals surface area contributed by atoms with E-state index in [-0.39, 0.29) is 29.6 Å². The summed E-state index contributed by atoms with van der Waals surface area (Å²) in [6, 6.07) is 3.34. The van der Waals surface area contributed by atoms with Crippen molar-refractivity contribution >= 4 is 42.2 Å². The van der Waals surface area contributed by atoms with Gasteiger partial charge in [-0.1, -0.05) is 4.85 Å². The average molecular weight is 166 g/mol. The van der Waals surface area contributed by atoms with Crippen molar-refractivity contribution in [1.29, 1.82) is 0 Å². The maximum atomic E-state index is 10.6. The Labute approximate surface area is 86.7 Å². The van der Waals surface area contributed by atoms with Gasteiger partial charge in [-0.25, -0.2) is 0 Å². The van der Waals surface area contributed by atoms with Crippen molar-refractivity contribution in [1.82, 2.24) is 5.10 Å². The Morgan fingerprint density at radius 2 is 2.20 bits per heavy atom. The van der Waals surface area contributed by atoms with E-state index in [9.17, 15) is 5.21 Å². The molecule has 3 nitrogen and oxygen atoms in total. The van der Waals surface area contributed by atoms with Gasteiger partial charge in [-0.3, -0.25) is 0 Å². The third-order valence-corrected chi connectivity index (χ3v) is 1.21. The third kappa shape index (κ3) is 2.46. The molecule has 0 aliphatic rings. The molecule has 1 rings (SSSR count). The molecule has 0 saturated carbocycles. The van der Waals surface area contributed by atoms with E-state index in [1.165, 1.54) is 0 Å². The van der Waals surface area contributed by atoms with Crippen LogP contribution in [0.2, 0.25) is 0 Å². The molecule has 0 unspecified atom stereocenters.